The predicted octanol–water partition coefficient (Wildman–Crippen LogP) is 5.39. The zero-order valence-corrected chi connectivity index (χ0v) is 21.7. The molecule has 6 heteroatoms. The summed E-state index contributed by atoms with van der Waals surface area (Å²) in [5.74, 6) is 0.783. The van der Waals surface area contributed by atoms with Crippen molar-refractivity contribution in [3.63, 3.8) is 0 Å². The maximum Gasteiger partial charge on any atom is 0.137 e. The van der Waals surface area contributed by atoms with Gasteiger partial charge in [0.05, 0.1) is 35.9 Å². The molecule has 6 nitrogen and oxygen atoms in total. The molecular formula is C31H32N4O2. The Hall–Kier alpha value is -3.92. The molecule has 1 saturated heterocycles. The Labute approximate surface area is 218 Å². The first kappa shape index (κ1) is 24.8. The van der Waals surface area contributed by atoms with Gasteiger partial charge in [-0.1, -0.05) is 36.4 Å². The van der Waals surface area contributed by atoms with Crippen LogP contribution < -0.4 is 15.0 Å². The molecule has 3 aromatic carbocycles. The molecule has 2 unspecified atom stereocenters. The van der Waals surface area contributed by atoms with Crippen LogP contribution in [0.5, 0.6) is 5.75 Å². The number of nitriles is 1. The molecule has 2 atom stereocenters. The van der Waals surface area contributed by atoms with Crippen molar-refractivity contribution in [1.82, 2.24) is 10.3 Å². The van der Waals surface area contributed by atoms with E-state index in [2.05, 4.69) is 47.5 Å². The van der Waals surface area contributed by atoms with E-state index in [9.17, 15) is 5.11 Å². The second-order valence-corrected chi connectivity index (χ2v) is 10.3. The maximum absolute atomic E-state index is 10.6. The van der Waals surface area contributed by atoms with Crippen molar-refractivity contribution < 1.29 is 9.84 Å². The number of nitrogens with zero attached hydrogens (tertiary/aromatic N) is 3. The first-order valence-electron chi connectivity index (χ1n) is 12.6. The minimum Gasteiger partial charge on any atom is -0.495 e. The monoisotopic (exact) mass is 492 g/mol. The molecule has 37 heavy (non-hydrogen) atoms. The molecule has 2 N–H and O–H groups in total. The summed E-state index contributed by atoms with van der Waals surface area (Å²) in [5, 5.41) is 24.1. The summed E-state index contributed by atoms with van der Waals surface area (Å²) >= 11 is 0. The van der Waals surface area contributed by atoms with Crippen molar-refractivity contribution in [2.45, 2.75) is 38.5 Å². The van der Waals surface area contributed by atoms with Crippen LogP contribution >= 0.6 is 0 Å². The highest BCUT2D eigenvalue weighted by Crippen LogP contribution is 2.39. The topological polar surface area (TPSA) is 81.4 Å². The molecule has 5 rings (SSSR count). The molecule has 1 fully saturated rings. The fourth-order valence-corrected chi connectivity index (χ4v) is 5.15. The van der Waals surface area contributed by atoms with Crippen molar-refractivity contribution in [1.29, 1.82) is 5.26 Å². The highest BCUT2D eigenvalue weighted by molar-refractivity contribution is 6.00. The Morgan fingerprint density at radius 2 is 1.68 bits per heavy atom. The highest BCUT2D eigenvalue weighted by atomic mass is 16.5. The number of anilines is 1. The number of fused-ring (bicyclic) bond motifs is 1. The van der Waals surface area contributed by atoms with E-state index in [1.54, 1.807) is 7.11 Å². The van der Waals surface area contributed by atoms with Crippen molar-refractivity contribution in [3.05, 3.63) is 78.5 Å². The number of rotatable bonds is 5. The lowest BCUT2D eigenvalue weighted by atomic mass is 9.94. The summed E-state index contributed by atoms with van der Waals surface area (Å²) in [5.41, 5.74) is 5.78. The first-order valence-corrected chi connectivity index (χ1v) is 12.6. The Morgan fingerprint density at radius 3 is 2.32 bits per heavy atom. The third-order valence-electron chi connectivity index (χ3n) is 7.16. The zero-order valence-electron chi connectivity index (χ0n) is 21.7. The van der Waals surface area contributed by atoms with Crippen molar-refractivity contribution >= 4 is 16.6 Å². The Kier molecular flexibility index (Phi) is 6.59. The molecule has 4 aromatic rings. The number of hydrogen-bond donors (Lipinski definition) is 2. The normalized spacial score (nSPS) is 18.0. The average molecular weight is 493 g/mol. The number of aliphatic hydroxyl groups is 1. The van der Waals surface area contributed by atoms with E-state index < -0.39 is 5.60 Å². The summed E-state index contributed by atoms with van der Waals surface area (Å²) in [4.78, 5) is 7.18. The second-order valence-electron chi connectivity index (χ2n) is 10.3. The molecule has 0 aliphatic carbocycles. The minimum atomic E-state index is -0.798. The Balaban J connectivity index is 1.49. The first-order chi connectivity index (χ1) is 17.8. The van der Waals surface area contributed by atoms with Gasteiger partial charge in [0.15, 0.2) is 0 Å². The van der Waals surface area contributed by atoms with Gasteiger partial charge in [-0.3, -0.25) is 4.98 Å². The van der Waals surface area contributed by atoms with Crippen LogP contribution in [0.4, 0.5) is 5.69 Å². The van der Waals surface area contributed by atoms with Crippen molar-refractivity contribution in [2.24, 2.45) is 0 Å². The van der Waals surface area contributed by atoms with E-state index in [1.165, 1.54) is 0 Å². The van der Waals surface area contributed by atoms with Crippen LogP contribution in [0, 0.1) is 11.3 Å². The van der Waals surface area contributed by atoms with Gasteiger partial charge in [-0.15, -0.1) is 0 Å². The molecule has 0 saturated carbocycles. The fourth-order valence-electron chi connectivity index (χ4n) is 5.15. The Bertz CT molecular complexity index is 1450. The number of ether oxygens (including phenoxy) is 1. The second kappa shape index (κ2) is 9.85. The van der Waals surface area contributed by atoms with E-state index >= 15 is 0 Å². The molecule has 0 radical (unpaired) electrons. The lowest BCUT2D eigenvalue weighted by Gasteiger charge is -2.43. The minimum absolute atomic E-state index is 0.00832. The smallest absolute Gasteiger partial charge is 0.137 e. The van der Waals surface area contributed by atoms with E-state index in [-0.39, 0.29) is 12.1 Å². The summed E-state index contributed by atoms with van der Waals surface area (Å²) in [6.07, 6.45) is 1.88. The van der Waals surface area contributed by atoms with Gasteiger partial charge >= 0.3 is 0 Å². The van der Waals surface area contributed by atoms with Gasteiger partial charge in [0.2, 0.25) is 0 Å². The van der Waals surface area contributed by atoms with Gasteiger partial charge < -0.3 is 20.1 Å². The zero-order chi connectivity index (χ0) is 26.2. The molecule has 1 aliphatic rings. The summed E-state index contributed by atoms with van der Waals surface area (Å²) in [6.45, 7) is 7.49. The van der Waals surface area contributed by atoms with Crippen LogP contribution in [-0.2, 0) is 0 Å². The number of benzene rings is 3. The molecule has 1 aliphatic heterocycles. The maximum atomic E-state index is 10.6. The molecule has 2 heterocycles. The fraction of sp³-hybridized carbons (Fsp3) is 0.290. The number of methoxy groups -OCH3 is 1. The van der Waals surface area contributed by atoms with E-state index in [1.807, 2.05) is 62.5 Å². The van der Waals surface area contributed by atoms with Crippen LogP contribution in [0.3, 0.4) is 0 Å². The van der Waals surface area contributed by atoms with Crippen molar-refractivity contribution in [2.75, 3.05) is 25.1 Å². The average Bonchev–Trinajstić information content (AvgIpc) is 2.91. The quantitative estimate of drug-likeness (QED) is 0.389. The third-order valence-corrected chi connectivity index (χ3v) is 7.16. The van der Waals surface area contributed by atoms with Crippen LogP contribution in [0.1, 0.15) is 26.3 Å². The van der Waals surface area contributed by atoms with Gasteiger partial charge in [-0.25, -0.2) is 0 Å². The number of hydrogen-bond acceptors (Lipinski definition) is 6. The molecular weight excluding hydrogens is 460 g/mol. The molecule has 1 aromatic heterocycles. The third kappa shape index (κ3) is 4.89. The number of nitrogens with one attached hydrogen (secondary N) is 1. The van der Waals surface area contributed by atoms with Crippen LogP contribution in [-0.4, -0.2) is 48.0 Å². The van der Waals surface area contributed by atoms with Gasteiger partial charge in [0.1, 0.15) is 5.75 Å². The number of piperazine rings is 1. The standard InChI is InChI=1S/C31H32N4O2/c1-20-18-35(19-28(34-20)31(2,3)36)24-14-12-23(13-15-24)27-17-33-29-25(6-5-7-26(29)30(27)37-4)22-10-8-21(16-32)9-11-22/h5-15,17,20,28,34,36H,18-19H2,1-4H3. The SMILES string of the molecule is COc1c(-c2ccc(N3CC(C)NC(C(C)(C)O)C3)cc2)cnc2c(-c3ccc(C#N)cc3)cccc12. The van der Waals surface area contributed by atoms with Gasteiger partial charge in [-0.05, 0) is 62.2 Å². The van der Waals surface area contributed by atoms with Gasteiger partial charge in [0, 0.05) is 47.5 Å². The molecule has 188 valence electrons. The molecule has 0 spiro atoms. The van der Waals surface area contributed by atoms with E-state index in [4.69, 9.17) is 15.0 Å². The van der Waals surface area contributed by atoms with E-state index in [0.29, 0.717) is 5.56 Å². The van der Waals surface area contributed by atoms with Gasteiger partial charge in [-0.2, -0.15) is 5.26 Å². The summed E-state index contributed by atoms with van der Waals surface area (Å²) < 4.78 is 5.92. The lowest BCUT2D eigenvalue weighted by molar-refractivity contribution is 0.0310. The number of aromatic nitrogens is 1. The highest BCUT2D eigenvalue weighted by Gasteiger charge is 2.33. The van der Waals surface area contributed by atoms with Crippen LogP contribution in [0.2, 0.25) is 0 Å². The molecule has 0 bridgehead atoms. The van der Waals surface area contributed by atoms with Crippen LogP contribution in [0.15, 0.2) is 72.9 Å². The number of para-hydroxylation sites is 1. The largest absolute Gasteiger partial charge is 0.495 e. The van der Waals surface area contributed by atoms with Crippen LogP contribution in [0.25, 0.3) is 33.2 Å². The van der Waals surface area contributed by atoms with E-state index in [0.717, 1.165) is 57.7 Å². The van der Waals surface area contributed by atoms with Crippen molar-refractivity contribution in [3.8, 4) is 34.1 Å². The Morgan fingerprint density at radius 1 is 1.00 bits per heavy atom. The predicted molar refractivity (Wildman–Crippen MR) is 149 cm³/mol. The summed E-state index contributed by atoms with van der Waals surface area (Å²) in [6, 6.07) is 24.6. The lowest BCUT2D eigenvalue weighted by Crippen LogP contribution is -2.62. The van der Waals surface area contributed by atoms with Gasteiger partial charge in [0.25, 0.3) is 0 Å². The number of pyridine rings is 1. The summed E-state index contributed by atoms with van der Waals surface area (Å²) in [7, 11) is 1.69. The molecule has 0 amide bonds.